The van der Waals surface area contributed by atoms with Crippen LogP contribution in [-0.2, 0) is 0 Å². The zero-order valence-corrected chi connectivity index (χ0v) is 16.1. The van der Waals surface area contributed by atoms with Crippen molar-refractivity contribution in [1.82, 2.24) is 10.2 Å². The van der Waals surface area contributed by atoms with Gasteiger partial charge in [-0.15, -0.1) is 5.92 Å². The SMILES string of the molecule is CC#C[C@H](C)Oc1cc(N)c(Cl)cc1C(=O)N[C@H]1CCN2CCC[C@@H]1C2. The van der Waals surface area contributed by atoms with E-state index in [0.717, 1.165) is 25.9 Å². The molecule has 2 bridgehead atoms. The van der Waals surface area contributed by atoms with Crippen molar-refractivity contribution in [3.8, 4) is 17.6 Å². The Kier molecular flexibility index (Phi) is 5.95. The first-order valence-corrected chi connectivity index (χ1v) is 9.57. The van der Waals surface area contributed by atoms with E-state index in [2.05, 4.69) is 22.1 Å². The number of carbonyl (C=O) groups is 1. The van der Waals surface area contributed by atoms with Gasteiger partial charge in [-0.3, -0.25) is 4.79 Å². The number of halogens is 1. The van der Waals surface area contributed by atoms with Crippen molar-refractivity contribution in [2.75, 3.05) is 25.4 Å². The molecule has 0 aromatic heterocycles. The highest BCUT2D eigenvalue weighted by molar-refractivity contribution is 6.33. The van der Waals surface area contributed by atoms with Gasteiger partial charge in [-0.2, -0.15) is 0 Å². The molecule has 3 rings (SSSR count). The molecule has 3 N–H and O–H groups in total. The lowest BCUT2D eigenvalue weighted by atomic mass is 9.85. The van der Waals surface area contributed by atoms with Crippen molar-refractivity contribution in [2.45, 2.75) is 45.3 Å². The van der Waals surface area contributed by atoms with E-state index >= 15 is 0 Å². The summed E-state index contributed by atoms with van der Waals surface area (Å²) >= 11 is 6.16. The minimum atomic E-state index is -0.339. The molecule has 0 spiro atoms. The maximum absolute atomic E-state index is 13.0. The summed E-state index contributed by atoms with van der Waals surface area (Å²) in [5, 5.41) is 3.55. The van der Waals surface area contributed by atoms with Crippen LogP contribution in [0.1, 0.15) is 43.5 Å². The van der Waals surface area contributed by atoms with Gasteiger partial charge in [-0.25, -0.2) is 0 Å². The first kappa shape index (κ1) is 18.9. The molecule has 2 fully saturated rings. The summed E-state index contributed by atoms with van der Waals surface area (Å²) < 4.78 is 5.83. The standard InChI is InChI=1S/C20H26ClN3O2/c1-3-5-13(2)26-19-11-17(22)16(21)10-15(19)20(25)23-18-7-9-24-8-4-6-14(18)12-24/h10-11,13-14,18H,4,6-9,12,22H2,1-2H3,(H,23,25)/t13-,14+,18-/m0/s1. The number of anilines is 1. The molecule has 4 atom stereocenters. The highest BCUT2D eigenvalue weighted by Crippen LogP contribution is 2.31. The molecule has 2 heterocycles. The Bertz CT molecular complexity index is 741. The van der Waals surface area contributed by atoms with E-state index in [-0.39, 0.29) is 18.1 Å². The highest BCUT2D eigenvalue weighted by atomic mass is 35.5. The first-order chi connectivity index (χ1) is 12.5. The molecule has 5 nitrogen and oxygen atoms in total. The average molecular weight is 376 g/mol. The number of rotatable bonds is 4. The van der Waals surface area contributed by atoms with E-state index in [9.17, 15) is 4.79 Å². The topological polar surface area (TPSA) is 67.6 Å². The van der Waals surface area contributed by atoms with E-state index < -0.39 is 0 Å². The number of nitrogen functional groups attached to an aromatic ring is 1. The summed E-state index contributed by atoms with van der Waals surface area (Å²) in [6.45, 7) is 6.87. The number of nitrogens with zero attached hydrogens (tertiary/aromatic N) is 1. The number of benzene rings is 1. The van der Waals surface area contributed by atoms with E-state index in [1.165, 1.54) is 13.0 Å². The summed E-state index contributed by atoms with van der Waals surface area (Å²) in [5.41, 5.74) is 6.70. The van der Waals surface area contributed by atoms with Gasteiger partial charge in [-0.1, -0.05) is 17.5 Å². The van der Waals surface area contributed by atoms with E-state index in [4.69, 9.17) is 22.1 Å². The molecule has 140 valence electrons. The number of hydrogen-bond donors (Lipinski definition) is 2. The molecule has 0 aliphatic carbocycles. The number of nitrogens with two attached hydrogens (primary N) is 1. The van der Waals surface area contributed by atoms with Crippen LogP contribution in [0.4, 0.5) is 5.69 Å². The molecule has 2 aliphatic rings. The minimum Gasteiger partial charge on any atom is -0.477 e. The average Bonchev–Trinajstić information content (AvgIpc) is 2.61. The predicted molar refractivity (Wildman–Crippen MR) is 104 cm³/mol. The van der Waals surface area contributed by atoms with Crippen molar-refractivity contribution in [1.29, 1.82) is 0 Å². The fraction of sp³-hybridized carbons (Fsp3) is 0.550. The van der Waals surface area contributed by atoms with Crippen LogP contribution >= 0.6 is 11.6 Å². The molecular formula is C20H26ClN3O2. The van der Waals surface area contributed by atoms with Crippen LogP contribution in [-0.4, -0.2) is 42.6 Å². The number of ether oxygens (including phenoxy) is 1. The second-order valence-electron chi connectivity index (χ2n) is 7.10. The minimum absolute atomic E-state index is 0.164. The second-order valence-corrected chi connectivity index (χ2v) is 7.50. The van der Waals surface area contributed by atoms with Crippen molar-refractivity contribution in [3.05, 3.63) is 22.7 Å². The van der Waals surface area contributed by atoms with Gasteiger partial charge < -0.3 is 20.7 Å². The zero-order chi connectivity index (χ0) is 18.7. The molecule has 0 radical (unpaired) electrons. The van der Waals surface area contributed by atoms with Crippen LogP contribution in [0.2, 0.25) is 5.02 Å². The van der Waals surface area contributed by atoms with Crippen LogP contribution in [0.25, 0.3) is 0 Å². The van der Waals surface area contributed by atoms with Gasteiger partial charge in [0.1, 0.15) is 5.75 Å². The predicted octanol–water partition coefficient (Wildman–Crippen LogP) is 2.93. The summed E-state index contributed by atoms with van der Waals surface area (Å²) in [4.78, 5) is 15.4. The van der Waals surface area contributed by atoms with Gasteiger partial charge in [0.2, 0.25) is 0 Å². The quantitative estimate of drug-likeness (QED) is 0.627. The van der Waals surface area contributed by atoms with Crippen LogP contribution < -0.4 is 15.8 Å². The second kappa shape index (κ2) is 8.20. The molecule has 2 saturated heterocycles. The fourth-order valence-electron chi connectivity index (χ4n) is 3.88. The first-order valence-electron chi connectivity index (χ1n) is 9.19. The third-order valence-electron chi connectivity index (χ3n) is 5.18. The Labute approximate surface area is 160 Å². The Balaban J connectivity index is 1.78. The maximum Gasteiger partial charge on any atom is 0.255 e. The maximum atomic E-state index is 13.0. The molecule has 1 amide bonds. The monoisotopic (exact) mass is 375 g/mol. The third-order valence-corrected chi connectivity index (χ3v) is 5.51. The molecular weight excluding hydrogens is 350 g/mol. The van der Waals surface area contributed by atoms with Crippen LogP contribution in [0.3, 0.4) is 0 Å². The summed E-state index contributed by atoms with van der Waals surface area (Å²) in [6, 6.07) is 3.38. The lowest BCUT2D eigenvalue weighted by Crippen LogP contribution is -2.53. The van der Waals surface area contributed by atoms with Crippen molar-refractivity contribution >= 4 is 23.2 Å². The Morgan fingerprint density at radius 2 is 2.23 bits per heavy atom. The van der Waals surface area contributed by atoms with E-state index in [0.29, 0.717) is 27.9 Å². The number of fused-ring (bicyclic) bond motifs is 2. The third kappa shape index (κ3) is 4.25. The smallest absolute Gasteiger partial charge is 0.255 e. The van der Waals surface area contributed by atoms with Crippen LogP contribution in [0, 0.1) is 17.8 Å². The summed E-state index contributed by atoms with van der Waals surface area (Å²) in [5.74, 6) is 6.50. The zero-order valence-electron chi connectivity index (χ0n) is 15.3. The van der Waals surface area contributed by atoms with E-state index in [1.807, 2.05) is 6.92 Å². The van der Waals surface area contributed by atoms with Crippen LogP contribution in [0.5, 0.6) is 5.75 Å². The van der Waals surface area contributed by atoms with Gasteiger partial charge in [0.15, 0.2) is 6.10 Å². The Morgan fingerprint density at radius 3 is 3.00 bits per heavy atom. The van der Waals surface area contributed by atoms with Crippen molar-refractivity contribution in [2.24, 2.45) is 5.92 Å². The van der Waals surface area contributed by atoms with Gasteiger partial charge >= 0.3 is 0 Å². The van der Waals surface area contributed by atoms with Gasteiger partial charge in [0, 0.05) is 25.2 Å². The molecule has 0 saturated carbocycles. The molecule has 1 aromatic rings. The summed E-state index contributed by atoms with van der Waals surface area (Å²) in [7, 11) is 0. The fourth-order valence-corrected chi connectivity index (χ4v) is 4.05. The largest absolute Gasteiger partial charge is 0.477 e. The molecule has 26 heavy (non-hydrogen) atoms. The Hall–Kier alpha value is -1.90. The molecule has 1 unspecified atom stereocenters. The molecule has 2 aliphatic heterocycles. The number of carbonyl (C=O) groups excluding carboxylic acids is 1. The lowest BCUT2D eigenvalue weighted by molar-refractivity contribution is 0.0736. The van der Waals surface area contributed by atoms with Gasteiger partial charge in [-0.05, 0) is 51.6 Å². The molecule has 6 heteroatoms. The number of nitrogens with one attached hydrogen (secondary N) is 1. The number of amides is 1. The van der Waals surface area contributed by atoms with Crippen LogP contribution in [0.15, 0.2) is 12.1 Å². The summed E-state index contributed by atoms with van der Waals surface area (Å²) in [6.07, 6.45) is 3.00. The van der Waals surface area contributed by atoms with Gasteiger partial charge in [0.05, 0.1) is 16.3 Å². The van der Waals surface area contributed by atoms with Crippen molar-refractivity contribution < 1.29 is 9.53 Å². The lowest BCUT2D eigenvalue weighted by Gasteiger charge is -2.42. The number of piperidine rings is 2. The normalized spacial score (nSPS) is 25.6. The number of hydrogen-bond acceptors (Lipinski definition) is 4. The Morgan fingerprint density at radius 1 is 1.42 bits per heavy atom. The molecule has 1 aromatic carbocycles. The van der Waals surface area contributed by atoms with Gasteiger partial charge in [0.25, 0.3) is 5.91 Å². The van der Waals surface area contributed by atoms with Crippen molar-refractivity contribution in [3.63, 3.8) is 0 Å². The highest BCUT2D eigenvalue weighted by Gasteiger charge is 2.33. The van der Waals surface area contributed by atoms with E-state index in [1.54, 1.807) is 19.1 Å².